The molecule has 2 N–H and O–H groups in total. The summed E-state index contributed by atoms with van der Waals surface area (Å²) in [5.41, 5.74) is 4.83. The fraction of sp³-hybridized carbons (Fsp3) is 0.0870. The molecule has 30 heavy (non-hydrogen) atoms. The van der Waals surface area contributed by atoms with E-state index in [-0.39, 0.29) is 6.54 Å². The molecule has 0 saturated carbocycles. The Morgan fingerprint density at radius 3 is 2.43 bits per heavy atom. The number of hydrogen-bond donors (Lipinski definition) is 2. The normalized spacial score (nSPS) is 10.6. The molecule has 3 rings (SSSR count). The second-order valence-corrected chi connectivity index (χ2v) is 6.79. The van der Waals surface area contributed by atoms with E-state index >= 15 is 0 Å². The van der Waals surface area contributed by atoms with Crippen molar-refractivity contribution in [3.05, 3.63) is 101 Å². The number of hydrogen-bond acceptors (Lipinski definition) is 4. The predicted octanol–water partition coefficient (Wildman–Crippen LogP) is 3.69. The molecule has 3 aromatic carbocycles. The van der Waals surface area contributed by atoms with Gasteiger partial charge in [0.15, 0.2) is 0 Å². The molecule has 0 heterocycles. The Balaban J connectivity index is 1.46. The van der Waals surface area contributed by atoms with Crippen LogP contribution in [0, 0.1) is 0 Å². The summed E-state index contributed by atoms with van der Waals surface area (Å²) >= 11 is 5.81. The summed E-state index contributed by atoms with van der Waals surface area (Å²) in [5.74, 6) is -0.950. The van der Waals surface area contributed by atoms with E-state index in [9.17, 15) is 9.59 Å². The van der Waals surface area contributed by atoms with Crippen molar-refractivity contribution in [3.8, 4) is 5.75 Å². The van der Waals surface area contributed by atoms with E-state index in [4.69, 9.17) is 16.3 Å². The molecular formula is C23H20ClN3O3. The van der Waals surface area contributed by atoms with Gasteiger partial charge in [0, 0.05) is 11.6 Å². The maximum atomic E-state index is 11.9. The molecule has 0 aliphatic carbocycles. The lowest BCUT2D eigenvalue weighted by Crippen LogP contribution is -2.37. The van der Waals surface area contributed by atoms with Crippen molar-refractivity contribution in [3.63, 3.8) is 0 Å². The minimum atomic E-state index is -0.850. The van der Waals surface area contributed by atoms with Crippen LogP contribution >= 0.6 is 11.6 Å². The van der Waals surface area contributed by atoms with Crippen molar-refractivity contribution in [1.29, 1.82) is 0 Å². The van der Waals surface area contributed by atoms with Crippen molar-refractivity contribution in [2.24, 2.45) is 5.10 Å². The van der Waals surface area contributed by atoms with E-state index in [0.29, 0.717) is 17.4 Å². The monoisotopic (exact) mass is 421 g/mol. The summed E-state index contributed by atoms with van der Waals surface area (Å²) in [6, 6.07) is 24.1. The molecule has 0 radical (unpaired) electrons. The number of benzene rings is 3. The molecule has 0 fully saturated rings. The fourth-order valence-electron chi connectivity index (χ4n) is 2.51. The predicted molar refractivity (Wildman–Crippen MR) is 116 cm³/mol. The Bertz CT molecular complexity index is 1020. The highest BCUT2D eigenvalue weighted by Crippen LogP contribution is 2.14. The summed E-state index contributed by atoms with van der Waals surface area (Å²) in [4.78, 5) is 23.7. The quantitative estimate of drug-likeness (QED) is 0.347. The van der Waals surface area contributed by atoms with Crippen LogP contribution in [0.1, 0.15) is 16.7 Å². The zero-order chi connectivity index (χ0) is 21.2. The smallest absolute Gasteiger partial charge is 0.329 e. The lowest BCUT2D eigenvalue weighted by Gasteiger charge is -2.07. The summed E-state index contributed by atoms with van der Waals surface area (Å²) in [7, 11) is 0. The molecule has 0 bridgehead atoms. The Morgan fingerprint density at radius 1 is 0.900 bits per heavy atom. The SMILES string of the molecule is O=C(NCc1ccc(Cl)cc1)C(=O)N/N=C\c1cccc(OCc2ccccc2)c1. The van der Waals surface area contributed by atoms with Gasteiger partial charge in [-0.25, -0.2) is 5.43 Å². The number of carbonyl (C=O) groups is 2. The van der Waals surface area contributed by atoms with Crippen LogP contribution in [0.2, 0.25) is 5.02 Å². The first-order chi connectivity index (χ1) is 14.6. The van der Waals surface area contributed by atoms with Gasteiger partial charge >= 0.3 is 11.8 Å². The fourth-order valence-corrected chi connectivity index (χ4v) is 2.63. The van der Waals surface area contributed by atoms with Crippen molar-refractivity contribution in [2.45, 2.75) is 13.2 Å². The van der Waals surface area contributed by atoms with Crippen LogP contribution in [-0.4, -0.2) is 18.0 Å². The van der Waals surface area contributed by atoms with Gasteiger partial charge in [-0.3, -0.25) is 9.59 Å². The van der Waals surface area contributed by atoms with Gasteiger partial charge in [-0.05, 0) is 41.0 Å². The van der Waals surface area contributed by atoms with Crippen LogP contribution in [-0.2, 0) is 22.7 Å². The maximum absolute atomic E-state index is 11.9. The molecule has 0 atom stereocenters. The number of nitrogens with zero attached hydrogens (tertiary/aromatic N) is 1. The van der Waals surface area contributed by atoms with E-state index in [0.717, 1.165) is 16.7 Å². The molecule has 0 aliphatic heterocycles. The molecule has 6 nitrogen and oxygen atoms in total. The minimum absolute atomic E-state index is 0.216. The van der Waals surface area contributed by atoms with Crippen LogP contribution in [0.3, 0.4) is 0 Å². The highest BCUT2D eigenvalue weighted by Gasteiger charge is 2.11. The van der Waals surface area contributed by atoms with Crippen LogP contribution < -0.4 is 15.5 Å². The average molecular weight is 422 g/mol. The van der Waals surface area contributed by atoms with Crippen molar-refractivity contribution in [1.82, 2.24) is 10.7 Å². The average Bonchev–Trinajstić information content (AvgIpc) is 2.78. The molecular weight excluding hydrogens is 402 g/mol. The summed E-state index contributed by atoms with van der Waals surface area (Å²) in [5, 5.41) is 6.95. The summed E-state index contributed by atoms with van der Waals surface area (Å²) in [6.45, 7) is 0.667. The van der Waals surface area contributed by atoms with E-state index in [1.54, 1.807) is 30.3 Å². The summed E-state index contributed by atoms with van der Waals surface area (Å²) < 4.78 is 5.76. The van der Waals surface area contributed by atoms with E-state index in [1.807, 2.05) is 48.5 Å². The molecule has 2 amide bonds. The van der Waals surface area contributed by atoms with Gasteiger partial charge in [0.1, 0.15) is 12.4 Å². The zero-order valence-electron chi connectivity index (χ0n) is 16.0. The van der Waals surface area contributed by atoms with Crippen molar-refractivity contribution < 1.29 is 14.3 Å². The number of halogens is 1. The van der Waals surface area contributed by atoms with Crippen molar-refractivity contribution >= 4 is 29.6 Å². The molecule has 3 aromatic rings. The van der Waals surface area contributed by atoms with Crippen LogP contribution in [0.25, 0.3) is 0 Å². The molecule has 0 spiro atoms. The third kappa shape index (κ3) is 6.76. The second kappa shape index (κ2) is 10.8. The third-order valence-corrected chi connectivity index (χ3v) is 4.31. The van der Waals surface area contributed by atoms with Crippen LogP contribution in [0.4, 0.5) is 0 Å². The summed E-state index contributed by atoms with van der Waals surface area (Å²) in [6.07, 6.45) is 1.44. The number of amides is 2. The van der Waals surface area contributed by atoms with Crippen LogP contribution in [0.5, 0.6) is 5.75 Å². The topological polar surface area (TPSA) is 79.8 Å². The largest absolute Gasteiger partial charge is 0.489 e. The van der Waals surface area contributed by atoms with Gasteiger partial charge in [0.05, 0.1) is 6.21 Å². The Morgan fingerprint density at radius 2 is 1.67 bits per heavy atom. The number of carbonyl (C=O) groups excluding carboxylic acids is 2. The maximum Gasteiger partial charge on any atom is 0.329 e. The van der Waals surface area contributed by atoms with Gasteiger partial charge in [0.25, 0.3) is 0 Å². The Hall–Kier alpha value is -3.64. The highest BCUT2D eigenvalue weighted by atomic mass is 35.5. The first kappa shape index (κ1) is 21.1. The lowest BCUT2D eigenvalue weighted by molar-refractivity contribution is -0.139. The lowest BCUT2D eigenvalue weighted by atomic mass is 10.2. The number of hydrazone groups is 1. The molecule has 7 heteroatoms. The Labute approximate surface area is 179 Å². The van der Waals surface area contributed by atoms with Gasteiger partial charge in [-0.2, -0.15) is 5.10 Å². The van der Waals surface area contributed by atoms with Gasteiger partial charge in [0.2, 0.25) is 0 Å². The molecule has 0 saturated heterocycles. The van der Waals surface area contributed by atoms with Crippen molar-refractivity contribution in [2.75, 3.05) is 0 Å². The number of nitrogens with one attached hydrogen (secondary N) is 2. The van der Waals surface area contributed by atoms with Crippen LogP contribution in [0.15, 0.2) is 84.0 Å². The van der Waals surface area contributed by atoms with E-state index < -0.39 is 11.8 Å². The molecule has 0 aromatic heterocycles. The van der Waals surface area contributed by atoms with Gasteiger partial charge in [-0.15, -0.1) is 0 Å². The standard InChI is InChI=1S/C23H20ClN3O3/c24-20-11-9-17(10-12-20)14-25-22(28)23(29)27-26-15-19-7-4-8-21(13-19)30-16-18-5-2-1-3-6-18/h1-13,15H,14,16H2,(H,25,28)(H,27,29)/b26-15-. The molecule has 152 valence electrons. The molecule has 0 unspecified atom stereocenters. The third-order valence-electron chi connectivity index (χ3n) is 4.06. The number of ether oxygens (including phenoxy) is 1. The highest BCUT2D eigenvalue weighted by molar-refractivity contribution is 6.35. The molecule has 0 aliphatic rings. The van der Waals surface area contributed by atoms with Gasteiger partial charge < -0.3 is 10.1 Å². The minimum Gasteiger partial charge on any atom is -0.489 e. The first-order valence-corrected chi connectivity index (χ1v) is 9.60. The second-order valence-electron chi connectivity index (χ2n) is 6.36. The van der Waals surface area contributed by atoms with E-state index in [2.05, 4.69) is 15.8 Å². The van der Waals surface area contributed by atoms with Gasteiger partial charge in [-0.1, -0.05) is 66.2 Å². The number of rotatable bonds is 7. The zero-order valence-corrected chi connectivity index (χ0v) is 16.8. The van der Waals surface area contributed by atoms with E-state index in [1.165, 1.54) is 6.21 Å². The Kier molecular flexibility index (Phi) is 7.58. The first-order valence-electron chi connectivity index (χ1n) is 9.22.